The van der Waals surface area contributed by atoms with Gasteiger partial charge in [0.25, 0.3) is 5.78 Å². The van der Waals surface area contributed by atoms with Crippen molar-refractivity contribution in [2.45, 2.75) is 59.1 Å². The topological polar surface area (TPSA) is 98.2 Å². The zero-order valence-corrected chi connectivity index (χ0v) is 25.7. The summed E-state index contributed by atoms with van der Waals surface area (Å²) in [5.74, 6) is 0.0182. The number of rotatable bonds is 8. The first-order valence-electron chi connectivity index (χ1n) is 14.5. The minimum Gasteiger partial charge on any atom is -0.507 e. The predicted octanol–water partition coefficient (Wildman–Crippen LogP) is 7.05. The highest BCUT2D eigenvalue weighted by Gasteiger charge is 2.48. The molecule has 0 bridgehead atoms. The van der Waals surface area contributed by atoms with Crippen LogP contribution in [0.2, 0.25) is 0 Å². The number of fused-ring (bicyclic) bond motifs is 2. The number of carbonyl (C=O) groups excluding carboxylic acids is 2. The molecule has 222 valence electrons. The molecule has 0 unspecified atom stereocenters. The van der Waals surface area contributed by atoms with Gasteiger partial charge in [-0.1, -0.05) is 36.8 Å². The van der Waals surface area contributed by atoms with Crippen molar-refractivity contribution in [1.82, 2.24) is 4.98 Å². The second-order valence-corrected chi connectivity index (χ2v) is 12.2. The molecule has 6 rings (SSSR count). The van der Waals surface area contributed by atoms with Crippen LogP contribution in [0.1, 0.15) is 60.5 Å². The van der Waals surface area contributed by atoms with Gasteiger partial charge >= 0.3 is 5.91 Å². The number of benzene rings is 3. The second-order valence-electron chi connectivity index (χ2n) is 11.2. The summed E-state index contributed by atoms with van der Waals surface area (Å²) >= 11 is 1.34. The fraction of sp³-hybridized carbons (Fsp3) is 0.324. The van der Waals surface area contributed by atoms with Gasteiger partial charge in [0.1, 0.15) is 17.6 Å². The maximum atomic E-state index is 13.8. The van der Waals surface area contributed by atoms with Crippen LogP contribution in [0.15, 0.2) is 54.1 Å². The zero-order chi connectivity index (χ0) is 30.4. The Morgan fingerprint density at radius 3 is 2.70 bits per heavy atom. The van der Waals surface area contributed by atoms with Gasteiger partial charge in [-0.2, -0.15) is 0 Å². The molecule has 43 heavy (non-hydrogen) atoms. The Balaban J connectivity index is 1.52. The molecule has 2 atom stereocenters. The molecule has 0 saturated carbocycles. The highest BCUT2D eigenvalue weighted by molar-refractivity contribution is 7.22. The van der Waals surface area contributed by atoms with E-state index in [-0.39, 0.29) is 17.4 Å². The van der Waals surface area contributed by atoms with Crippen molar-refractivity contribution in [2.24, 2.45) is 0 Å². The van der Waals surface area contributed by atoms with Crippen LogP contribution in [-0.4, -0.2) is 41.6 Å². The number of methoxy groups -OCH3 is 1. The Kier molecular flexibility index (Phi) is 7.60. The number of aromatic nitrogens is 1. The Hall–Kier alpha value is -4.37. The molecule has 4 aromatic rings. The molecule has 0 radical (unpaired) electrons. The summed E-state index contributed by atoms with van der Waals surface area (Å²) in [7, 11) is 1.55. The van der Waals surface area contributed by atoms with Gasteiger partial charge in [0.05, 0.1) is 35.5 Å². The number of aliphatic hydroxyl groups is 1. The third-order valence-corrected chi connectivity index (χ3v) is 8.90. The number of nitrogens with zero attached hydrogens (tertiary/aromatic N) is 2. The molecular formula is C34H34N2O6S. The van der Waals surface area contributed by atoms with Gasteiger partial charge < -0.3 is 19.3 Å². The summed E-state index contributed by atoms with van der Waals surface area (Å²) in [5.41, 5.74) is 4.80. The predicted molar refractivity (Wildman–Crippen MR) is 168 cm³/mol. The van der Waals surface area contributed by atoms with Gasteiger partial charge in [0.2, 0.25) is 0 Å². The number of anilines is 1. The van der Waals surface area contributed by atoms with Crippen molar-refractivity contribution in [1.29, 1.82) is 0 Å². The molecule has 1 amide bonds. The number of aliphatic hydroxyl groups excluding tert-OH is 1. The van der Waals surface area contributed by atoms with Crippen molar-refractivity contribution in [3.05, 3.63) is 81.9 Å². The lowest BCUT2D eigenvalue weighted by Gasteiger charge is -2.24. The summed E-state index contributed by atoms with van der Waals surface area (Å²) in [6, 6.07) is 13.8. The maximum Gasteiger partial charge on any atom is 0.301 e. The van der Waals surface area contributed by atoms with E-state index in [4.69, 9.17) is 19.2 Å². The van der Waals surface area contributed by atoms with Crippen LogP contribution in [0.3, 0.4) is 0 Å². The third-order valence-electron chi connectivity index (χ3n) is 7.90. The number of carbonyl (C=O) groups is 2. The number of Topliss-reactive ketones (excluding diaryl/α,β-unsaturated/α-hetero) is 1. The molecule has 9 heteroatoms. The van der Waals surface area contributed by atoms with Gasteiger partial charge in [0, 0.05) is 12.0 Å². The van der Waals surface area contributed by atoms with Crippen LogP contribution in [0.25, 0.3) is 16.0 Å². The van der Waals surface area contributed by atoms with E-state index in [1.807, 2.05) is 45.0 Å². The lowest BCUT2D eigenvalue weighted by Crippen LogP contribution is -2.29. The monoisotopic (exact) mass is 598 g/mol. The third kappa shape index (κ3) is 5.12. The fourth-order valence-electron chi connectivity index (χ4n) is 5.83. The van der Waals surface area contributed by atoms with Crippen molar-refractivity contribution in [3.63, 3.8) is 0 Å². The normalized spacial score (nSPS) is 19.1. The first kappa shape index (κ1) is 28.7. The Bertz CT molecular complexity index is 1790. The molecule has 1 N–H and O–H groups in total. The van der Waals surface area contributed by atoms with E-state index < -0.39 is 17.7 Å². The van der Waals surface area contributed by atoms with E-state index in [1.54, 1.807) is 31.4 Å². The lowest BCUT2D eigenvalue weighted by molar-refractivity contribution is -0.132. The second kappa shape index (κ2) is 11.4. The molecule has 8 nitrogen and oxygen atoms in total. The first-order chi connectivity index (χ1) is 20.7. The highest BCUT2D eigenvalue weighted by Crippen LogP contribution is 2.46. The molecule has 1 saturated heterocycles. The summed E-state index contributed by atoms with van der Waals surface area (Å²) < 4.78 is 18.4. The van der Waals surface area contributed by atoms with Crippen molar-refractivity contribution in [3.8, 4) is 17.2 Å². The van der Waals surface area contributed by atoms with Crippen LogP contribution < -0.4 is 19.1 Å². The molecule has 3 aromatic carbocycles. The average molecular weight is 599 g/mol. The van der Waals surface area contributed by atoms with Crippen LogP contribution in [-0.2, 0) is 16.0 Å². The Morgan fingerprint density at radius 2 is 1.93 bits per heavy atom. The number of hydrogen-bond acceptors (Lipinski definition) is 8. The lowest BCUT2D eigenvalue weighted by atomic mass is 9.94. The zero-order valence-electron chi connectivity index (χ0n) is 24.9. The van der Waals surface area contributed by atoms with Crippen molar-refractivity contribution < 1.29 is 28.9 Å². The number of thiazole rings is 1. The number of ether oxygens (including phenoxy) is 3. The SMILES string of the molecule is CCCCOc1ccc([C@H]2C(=C(O)c3ccc4c(c3)C[C@@H](C)O4)C(=O)C(=O)N2c2nc3c(C)cc(C)cc3s2)cc1OC. The number of unbranched alkanes of at least 4 members (excludes halogenated alkanes) is 1. The van der Waals surface area contributed by atoms with Crippen molar-refractivity contribution >= 4 is 44.1 Å². The first-order valence-corrected chi connectivity index (χ1v) is 15.3. The van der Waals surface area contributed by atoms with E-state index in [2.05, 4.69) is 6.92 Å². The number of hydrogen-bond donors (Lipinski definition) is 1. The summed E-state index contributed by atoms with van der Waals surface area (Å²) in [6.07, 6.45) is 2.60. The van der Waals surface area contributed by atoms with Gasteiger partial charge in [-0.15, -0.1) is 0 Å². The quantitative estimate of drug-likeness (QED) is 0.100. The Morgan fingerprint density at radius 1 is 1.12 bits per heavy atom. The van der Waals surface area contributed by atoms with Gasteiger partial charge in [0.15, 0.2) is 16.6 Å². The molecule has 2 aliphatic rings. The van der Waals surface area contributed by atoms with E-state index in [0.29, 0.717) is 40.8 Å². The van der Waals surface area contributed by atoms with Crippen molar-refractivity contribution in [2.75, 3.05) is 18.6 Å². The van der Waals surface area contributed by atoms with E-state index in [9.17, 15) is 14.7 Å². The standard InChI is InChI=1S/C34H34N2O6S/c1-6-7-12-41-25-11-8-21(17-26(25)40-5)30-28(31(37)22-9-10-24-23(16-22)15-20(4)42-24)32(38)33(39)36(30)34-35-29-19(3)13-18(2)14-27(29)43-34/h8-11,13-14,16-17,20,30,37H,6-7,12,15H2,1-5H3/t20-,30+/m1/s1. The Labute approximate surface area is 254 Å². The highest BCUT2D eigenvalue weighted by atomic mass is 32.1. The molecule has 0 aliphatic carbocycles. The van der Waals surface area contributed by atoms with Crippen LogP contribution in [0, 0.1) is 13.8 Å². The molecular weight excluding hydrogens is 564 g/mol. The number of ketones is 1. The fourth-order valence-corrected chi connectivity index (χ4v) is 7.00. The summed E-state index contributed by atoms with van der Waals surface area (Å²) in [5, 5.41) is 12.1. The van der Waals surface area contributed by atoms with Gasteiger partial charge in [-0.3, -0.25) is 14.5 Å². The van der Waals surface area contributed by atoms with Crippen LogP contribution in [0.4, 0.5) is 5.13 Å². The molecule has 3 heterocycles. The molecule has 0 spiro atoms. The summed E-state index contributed by atoms with van der Waals surface area (Å²) in [6.45, 7) is 8.60. The van der Waals surface area contributed by atoms with E-state index in [0.717, 1.165) is 45.5 Å². The number of amides is 1. The van der Waals surface area contributed by atoms with Gasteiger partial charge in [-0.25, -0.2) is 4.98 Å². The van der Waals surface area contributed by atoms with Crippen LogP contribution >= 0.6 is 11.3 Å². The molecule has 2 aliphatic heterocycles. The average Bonchev–Trinajstić information content (AvgIpc) is 3.65. The molecule has 1 fully saturated rings. The minimum absolute atomic E-state index is 0.00854. The maximum absolute atomic E-state index is 13.8. The largest absolute Gasteiger partial charge is 0.507 e. The summed E-state index contributed by atoms with van der Waals surface area (Å²) in [4.78, 5) is 33.8. The van der Waals surface area contributed by atoms with E-state index >= 15 is 0 Å². The number of aryl methyl sites for hydroxylation is 2. The van der Waals surface area contributed by atoms with E-state index in [1.165, 1.54) is 16.2 Å². The molecule has 1 aromatic heterocycles. The van der Waals surface area contributed by atoms with Crippen LogP contribution in [0.5, 0.6) is 17.2 Å². The smallest absolute Gasteiger partial charge is 0.301 e. The van der Waals surface area contributed by atoms with Gasteiger partial charge in [-0.05, 0) is 85.8 Å². The minimum atomic E-state index is -0.941.